The van der Waals surface area contributed by atoms with Crippen LogP contribution in [0, 0.1) is 0 Å². The molecule has 1 aromatic heterocycles. The van der Waals surface area contributed by atoms with Crippen molar-refractivity contribution in [2.45, 2.75) is 76.4 Å². The third-order valence-electron chi connectivity index (χ3n) is 10.4. The molecule has 0 spiro atoms. The van der Waals surface area contributed by atoms with Gasteiger partial charge >= 0.3 is 6.09 Å². The third-order valence-corrected chi connectivity index (χ3v) is 10.4. The number of benzene rings is 3. The molecule has 51 heavy (non-hydrogen) atoms. The Balaban J connectivity index is 0.892. The number of pyridine rings is 1. The molecule has 1 amide bonds. The van der Waals surface area contributed by atoms with Gasteiger partial charge in [0.25, 0.3) is 0 Å². The van der Waals surface area contributed by atoms with Crippen molar-refractivity contribution in [2.75, 3.05) is 58.7 Å². The Kier molecular flexibility index (Phi) is 14.6. The van der Waals surface area contributed by atoms with Crippen molar-refractivity contribution < 1.29 is 18.8 Å². The number of nitrogens with one attached hydrogen (secondary N) is 1. The summed E-state index contributed by atoms with van der Waals surface area (Å²) in [5.74, 6) is 0. The third kappa shape index (κ3) is 12.0. The van der Waals surface area contributed by atoms with Gasteiger partial charge in [-0.05, 0) is 74.9 Å². The molecule has 1 saturated heterocycles. The maximum Gasteiger partial charge on any atom is 0.411 e. The number of aromatic nitrogens is 1. The molecular weight excluding hydrogens is 633 g/mol. The van der Waals surface area contributed by atoms with Gasteiger partial charge in [0, 0.05) is 24.8 Å². The van der Waals surface area contributed by atoms with E-state index in [1.54, 1.807) is 0 Å². The van der Waals surface area contributed by atoms with Crippen molar-refractivity contribution in [3.8, 4) is 11.1 Å². The Bertz CT molecular complexity index is 1530. The molecular formula is C44H59N4O3+. The molecule has 0 bridgehead atoms. The fourth-order valence-electron chi connectivity index (χ4n) is 7.08. The predicted molar refractivity (Wildman–Crippen MR) is 209 cm³/mol. The maximum atomic E-state index is 12.7. The van der Waals surface area contributed by atoms with Crippen molar-refractivity contribution in [1.29, 1.82) is 0 Å². The lowest BCUT2D eigenvalue weighted by Gasteiger charge is -2.34. The van der Waals surface area contributed by atoms with E-state index in [0.717, 1.165) is 78.1 Å². The van der Waals surface area contributed by atoms with Crippen LogP contribution in [0.3, 0.4) is 0 Å². The number of nitrogens with zero attached hydrogens (tertiary/aromatic N) is 3. The molecule has 7 heteroatoms. The van der Waals surface area contributed by atoms with Crippen LogP contribution in [0.1, 0.15) is 76.0 Å². The lowest BCUT2D eigenvalue weighted by Crippen LogP contribution is -2.44. The van der Waals surface area contributed by atoms with E-state index in [-0.39, 0.29) is 12.2 Å². The van der Waals surface area contributed by atoms with Gasteiger partial charge in [-0.1, -0.05) is 111 Å². The van der Waals surface area contributed by atoms with E-state index in [1.807, 2.05) is 66.9 Å². The van der Waals surface area contributed by atoms with Crippen LogP contribution in [0.4, 0.5) is 10.5 Å². The number of para-hydroxylation sites is 1. The van der Waals surface area contributed by atoms with Gasteiger partial charge in [0.15, 0.2) is 0 Å². The number of unbranched alkanes of at least 4 members (excludes halogenated alkanes) is 6. The average molecular weight is 692 g/mol. The summed E-state index contributed by atoms with van der Waals surface area (Å²) in [5.41, 5.74) is 4.35. The maximum absolute atomic E-state index is 12.7. The van der Waals surface area contributed by atoms with Crippen molar-refractivity contribution in [3.05, 3.63) is 121 Å². The minimum Gasteiger partial charge on any atom is -0.446 e. The highest BCUT2D eigenvalue weighted by molar-refractivity contribution is 5.91. The van der Waals surface area contributed by atoms with Crippen LogP contribution < -0.4 is 5.32 Å². The Morgan fingerprint density at radius 3 is 2.12 bits per heavy atom. The molecule has 0 saturated carbocycles. The fourth-order valence-corrected chi connectivity index (χ4v) is 7.08. The van der Waals surface area contributed by atoms with Crippen molar-refractivity contribution in [3.63, 3.8) is 0 Å². The molecule has 2 heterocycles. The standard InChI is InChI=1S/C44H58N4O3/c1-44(38-23-13-10-14-24-38,42-27-17-18-30-45-42)50-36-35-48(2,3)34-20-8-6-4-5-7-19-31-47-32-28-39(29-33-47)51-43(49)46-41-26-16-15-25-40(41)37-21-11-9-12-22-37/h9-18,21-27,30,39H,4-8,19-20,28-29,31-36H2,1-3H3/p+1. The number of rotatable bonds is 19. The summed E-state index contributed by atoms with van der Waals surface area (Å²) in [5, 5.41) is 2.98. The predicted octanol–water partition coefficient (Wildman–Crippen LogP) is 9.55. The second kappa shape index (κ2) is 19.5. The van der Waals surface area contributed by atoms with E-state index in [2.05, 4.69) is 78.7 Å². The van der Waals surface area contributed by atoms with Crippen LogP contribution in [0.2, 0.25) is 0 Å². The highest BCUT2D eigenvalue weighted by Gasteiger charge is 2.32. The number of quaternary nitrogens is 1. The molecule has 7 nitrogen and oxygen atoms in total. The van der Waals surface area contributed by atoms with Gasteiger partial charge in [-0.25, -0.2) is 4.79 Å². The summed E-state index contributed by atoms with van der Waals surface area (Å²) >= 11 is 0. The van der Waals surface area contributed by atoms with Gasteiger partial charge in [0.05, 0.1) is 38.6 Å². The van der Waals surface area contributed by atoms with Gasteiger partial charge in [0.2, 0.25) is 0 Å². The largest absolute Gasteiger partial charge is 0.446 e. The van der Waals surface area contributed by atoms with Crippen molar-refractivity contribution in [1.82, 2.24) is 9.88 Å². The molecule has 1 atom stereocenters. The number of hydrogen-bond donors (Lipinski definition) is 1. The van der Waals surface area contributed by atoms with Gasteiger partial charge in [-0.15, -0.1) is 0 Å². The molecule has 0 aliphatic carbocycles. The SMILES string of the molecule is CC(OCC[N+](C)(C)CCCCCCCCCN1CCC(OC(=O)Nc2ccccc2-c2ccccc2)CC1)(c1ccccc1)c1ccccn1. The van der Waals surface area contributed by atoms with E-state index in [0.29, 0.717) is 6.61 Å². The first-order valence-electron chi connectivity index (χ1n) is 19.1. The monoisotopic (exact) mass is 691 g/mol. The molecule has 3 aromatic carbocycles. The second-order valence-corrected chi connectivity index (χ2v) is 14.8. The summed E-state index contributed by atoms with van der Waals surface area (Å²) in [6, 6.07) is 34.5. The van der Waals surface area contributed by atoms with Crippen LogP contribution in [0.5, 0.6) is 0 Å². The zero-order valence-corrected chi connectivity index (χ0v) is 31.1. The molecule has 1 aliphatic rings. The normalized spacial score (nSPS) is 15.3. The number of likely N-dealkylation sites (N-methyl/N-ethyl adjacent to an activating group) is 1. The number of ether oxygens (including phenoxy) is 2. The number of carbonyl (C=O) groups excluding carboxylic acids is 1. The van der Waals surface area contributed by atoms with Crippen molar-refractivity contribution in [2.24, 2.45) is 0 Å². The van der Waals surface area contributed by atoms with Crippen LogP contribution in [-0.2, 0) is 15.1 Å². The number of likely N-dealkylation sites (tertiary alicyclic amines) is 1. The highest BCUT2D eigenvalue weighted by atomic mass is 16.6. The minimum atomic E-state index is -0.567. The fraction of sp³-hybridized carbons (Fsp3) is 0.455. The molecule has 1 N–H and O–H groups in total. The first kappa shape index (κ1) is 38.2. The smallest absolute Gasteiger partial charge is 0.411 e. The minimum absolute atomic E-state index is 0.0256. The number of amides is 1. The van der Waals surface area contributed by atoms with E-state index in [9.17, 15) is 4.79 Å². The summed E-state index contributed by atoms with van der Waals surface area (Å²) in [6.07, 6.45) is 12.2. The molecule has 272 valence electrons. The number of piperidine rings is 1. The van der Waals surface area contributed by atoms with Gasteiger partial charge in [0.1, 0.15) is 18.2 Å². The number of carbonyl (C=O) groups is 1. The highest BCUT2D eigenvalue weighted by Crippen LogP contribution is 2.32. The molecule has 4 aromatic rings. The van der Waals surface area contributed by atoms with Crippen LogP contribution >= 0.6 is 0 Å². The average Bonchev–Trinajstić information content (AvgIpc) is 3.16. The van der Waals surface area contributed by atoms with E-state index in [4.69, 9.17) is 9.47 Å². The van der Waals surface area contributed by atoms with Gasteiger partial charge < -0.3 is 18.9 Å². The topological polar surface area (TPSA) is 63.7 Å². The summed E-state index contributed by atoms with van der Waals surface area (Å²) in [7, 11) is 4.64. The van der Waals surface area contributed by atoms with Crippen LogP contribution in [-0.4, -0.2) is 80.0 Å². The van der Waals surface area contributed by atoms with Crippen LogP contribution in [0.25, 0.3) is 11.1 Å². The molecule has 5 rings (SSSR count). The van der Waals surface area contributed by atoms with Gasteiger partial charge in [-0.2, -0.15) is 0 Å². The molecule has 1 fully saturated rings. The Morgan fingerprint density at radius 1 is 0.784 bits per heavy atom. The van der Waals surface area contributed by atoms with Crippen molar-refractivity contribution >= 4 is 11.8 Å². The summed E-state index contributed by atoms with van der Waals surface area (Å²) < 4.78 is 13.4. The number of hydrogen-bond acceptors (Lipinski definition) is 5. The molecule has 1 aliphatic heterocycles. The summed E-state index contributed by atoms with van der Waals surface area (Å²) in [4.78, 5) is 19.9. The zero-order chi connectivity index (χ0) is 35.8. The lowest BCUT2D eigenvalue weighted by atomic mass is 9.91. The quantitative estimate of drug-likeness (QED) is 0.0784. The lowest BCUT2D eigenvalue weighted by molar-refractivity contribution is -0.891. The Morgan fingerprint density at radius 2 is 1.41 bits per heavy atom. The molecule has 1 unspecified atom stereocenters. The van der Waals surface area contributed by atoms with E-state index < -0.39 is 5.60 Å². The Hall–Kier alpha value is -4.04. The first-order valence-corrected chi connectivity index (χ1v) is 19.1. The molecule has 0 radical (unpaired) electrons. The Labute approximate surface area is 306 Å². The van der Waals surface area contributed by atoms with E-state index >= 15 is 0 Å². The van der Waals surface area contributed by atoms with Crippen LogP contribution in [0.15, 0.2) is 109 Å². The first-order chi connectivity index (χ1) is 24.8. The van der Waals surface area contributed by atoms with Gasteiger partial charge in [-0.3, -0.25) is 10.3 Å². The second-order valence-electron chi connectivity index (χ2n) is 14.8. The van der Waals surface area contributed by atoms with E-state index in [1.165, 1.54) is 44.9 Å². The summed E-state index contributed by atoms with van der Waals surface area (Å²) in [6.45, 7) is 8.07. The zero-order valence-electron chi connectivity index (χ0n) is 31.1. The number of anilines is 1.